The average Bonchev–Trinajstić information content (AvgIpc) is 2.41. The summed E-state index contributed by atoms with van der Waals surface area (Å²) in [5.41, 5.74) is 7.24. The number of nitrogens with two attached hydrogens (primary N) is 1. The number of benzene rings is 1. The van der Waals surface area contributed by atoms with Crippen LogP contribution in [0.1, 0.15) is 43.6 Å². The van der Waals surface area contributed by atoms with Gasteiger partial charge in [0.25, 0.3) is 0 Å². The van der Waals surface area contributed by atoms with Crippen molar-refractivity contribution in [2.45, 2.75) is 38.0 Å². The van der Waals surface area contributed by atoms with Crippen molar-refractivity contribution in [3.63, 3.8) is 0 Å². The molecule has 1 fully saturated rings. The summed E-state index contributed by atoms with van der Waals surface area (Å²) in [7, 11) is 1.64. The molecule has 3 heteroatoms. The topological polar surface area (TPSA) is 35.2 Å². The van der Waals surface area contributed by atoms with Crippen LogP contribution in [-0.4, -0.2) is 13.7 Å². The van der Waals surface area contributed by atoms with E-state index < -0.39 is 0 Å². The van der Waals surface area contributed by atoms with Crippen molar-refractivity contribution in [2.75, 3.05) is 13.7 Å². The van der Waals surface area contributed by atoms with Gasteiger partial charge in [-0.25, -0.2) is 0 Å². The minimum atomic E-state index is 0.439. The molecule has 0 spiro atoms. The molecule has 0 aromatic heterocycles. The van der Waals surface area contributed by atoms with E-state index in [4.69, 9.17) is 22.1 Å². The van der Waals surface area contributed by atoms with Crippen LogP contribution in [-0.2, 0) is 0 Å². The van der Waals surface area contributed by atoms with Gasteiger partial charge in [0.1, 0.15) is 5.75 Å². The molecule has 0 radical (unpaired) electrons. The summed E-state index contributed by atoms with van der Waals surface area (Å²) in [6.45, 7) is 0.702. The summed E-state index contributed by atoms with van der Waals surface area (Å²) < 4.78 is 5.20. The Labute approximate surface area is 114 Å². The quantitative estimate of drug-likeness (QED) is 0.896. The second kappa shape index (κ2) is 6.44. The first-order chi connectivity index (χ1) is 8.76. The molecule has 18 heavy (non-hydrogen) atoms. The van der Waals surface area contributed by atoms with Gasteiger partial charge >= 0.3 is 0 Å². The molecular formula is C15H22ClNO. The van der Waals surface area contributed by atoms with Crippen molar-refractivity contribution in [1.82, 2.24) is 0 Å². The van der Waals surface area contributed by atoms with E-state index in [1.807, 2.05) is 12.1 Å². The maximum absolute atomic E-state index is 6.20. The molecule has 1 aliphatic carbocycles. The summed E-state index contributed by atoms with van der Waals surface area (Å²) in [6, 6.07) is 6.08. The molecule has 1 aromatic rings. The van der Waals surface area contributed by atoms with Crippen LogP contribution in [0, 0.1) is 5.92 Å². The first kappa shape index (κ1) is 13.7. The first-order valence-corrected chi connectivity index (χ1v) is 7.17. The van der Waals surface area contributed by atoms with Crippen molar-refractivity contribution in [2.24, 2.45) is 11.7 Å². The molecule has 1 unspecified atom stereocenters. The van der Waals surface area contributed by atoms with Gasteiger partial charge in [-0.2, -0.15) is 0 Å². The molecule has 2 nitrogen and oxygen atoms in total. The van der Waals surface area contributed by atoms with Gasteiger partial charge in [0.05, 0.1) is 12.1 Å². The van der Waals surface area contributed by atoms with Crippen molar-refractivity contribution < 1.29 is 4.74 Å². The van der Waals surface area contributed by atoms with Gasteiger partial charge in [-0.15, -0.1) is 0 Å². The normalized spacial score (nSPS) is 18.6. The molecule has 0 heterocycles. The monoisotopic (exact) mass is 267 g/mol. The summed E-state index contributed by atoms with van der Waals surface area (Å²) in [4.78, 5) is 0. The number of halogens is 1. The Hall–Kier alpha value is -0.730. The van der Waals surface area contributed by atoms with E-state index in [9.17, 15) is 0 Å². The van der Waals surface area contributed by atoms with E-state index in [2.05, 4.69) is 6.07 Å². The molecule has 0 saturated heterocycles. The fraction of sp³-hybridized carbons (Fsp3) is 0.600. The van der Waals surface area contributed by atoms with Crippen LogP contribution in [0.2, 0.25) is 5.02 Å². The summed E-state index contributed by atoms with van der Waals surface area (Å²) in [6.07, 6.45) is 6.64. The predicted molar refractivity (Wildman–Crippen MR) is 76.4 cm³/mol. The van der Waals surface area contributed by atoms with Crippen LogP contribution in [0.3, 0.4) is 0 Å². The molecule has 1 saturated carbocycles. The predicted octanol–water partition coefficient (Wildman–Crippen LogP) is 3.97. The lowest BCUT2D eigenvalue weighted by Crippen LogP contribution is -2.23. The molecule has 1 atom stereocenters. The third-order valence-electron chi connectivity index (χ3n) is 4.08. The zero-order valence-electron chi connectivity index (χ0n) is 11.0. The largest absolute Gasteiger partial charge is 0.495 e. The van der Waals surface area contributed by atoms with E-state index >= 15 is 0 Å². The third-order valence-corrected chi connectivity index (χ3v) is 4.37. The number of ether oxygens (including phenoxy) is 1. The third kappa shape index (κ3) is 2.99. The molecule has 1 aromatic carbocycles. The van der Waals surface area contributed by atoms with E-state index in [0.717, 1.165) is 5.75 Å². The highest BCUT2D eigenvalue weighted by molar-refractivity contribution is 6.32. The Morgan fingerprint density at radius 1 is 1.33 bits per heavy atom. The standard InChI is InChI=1S/C15H22ClNO/c1-18-15-8-7-12(9-14(15)16)13(10-17)11-5-3-2-4-6-11/h7-9,11,13H,2-6,10,17H2,1H3. The Morgan fingerprint density at radius 3 is 2.61 bits per heavy atom. The van der Waals surface area contributed by atoms with Gasteiger partial charge in [0.2, 0.25) is 0 Å². The number of rotatable bonds is 4. The van der Waals surface area contributed by atoms with E-state index in [0.29, 0.717) is 23.4 Å². The second-order valence-corrected chi connectivity index (χ2v) is 5.54. The lowest BCUT2D eigenvalue weighted by Gasteiger charge is -2.30. The minimum absolute atomic E-state index is 0.439. The number of hydrogen-bond acceptors (Lipinski definition) is 2. The summed E-state index contributed by atoms with van der Waals surface area (Å²) in [5, 5.41) is 0.684. The highest BCUT2D eigenvalue weighted by atomic mass is 35.5. The summed E-state index contributed by atoms with van der Waals surface area (Å²) >= 11 is 6.20. The van der Waals surface area contributed by atoms with Crippen LogP contribution < -0.4 is 10.5 Å². The zero-order chi connectivity index (χ0) is 13.0. The first-order valence-electron chi connectivity index (χ1n) is 6.79. The molecule has 0 bridgehead atoms. The number of hydrogen-bond donors (Lipinski definition) is 1. The smallest absolute Gasteiger partial charge is 0.137 e. The Bertz CT molecular complexity index is 388. The van der Waals surface area contributed by atoms with Gasteiger partial charge in [-0.1, -0.05) is 36.9 Å². The van der Waals surface area contributed by atoms with Crippen molar-refractivity contribution in [3.05, 3.63) is 28.8 Å². The molecular weight excluding hydrogens is 246 g/mol. The van der Waals surface area contributed by atoms with Crippen LogP contribution in [0.4, 0.5) is 0 Å². The van der Waals surface area contributed by atoms with E-state index in [1.165, 1.54) is 37.7 Å². The highest BCUT2D eigenvalue weighted by Gasteiger charge is 2.24. The fourth-order valence-electron chi connectivity index (χ4n) is 3.05. The number of methoxy groups -OCH3 is 1. The Morgan fingerprint density at radius 2 is 2.06 bits per heavy atom. The van der Waals surface area contributed by atoms with E-state index in [1.54, 1.807) is 7.11 Å². The van der Waals surface area contributed by atoms with Gasteiger partial charge in [-0.3, -0.25) is 0 Å². The van der Waals surface area contributed by atoms with Crippen molar-refractivity contribution in [1.29, 1.82) is 0 Å². The Kier molecular flexibility index (Phi) is 4.90. The molecule has 2 rings (SSSR count). The second-order valence-electron chi connectivity index (χ2n) is 5.13. The molecule has 100 valence electrons. The van der Waals surface area contributed by atoms with Gasteiger partial charge < -0.3 is 10.5 Å². The Balaban J connectivity index is 2.18. The zero-order valence-corrected chi connectivity index (χ0v) is 11.7. The SMILES string of the molecule is COc1ccc(C(CN)C2CCCCC2)cc1Cl. The lowest BCUT2D eigenvalue weighted by atomic mass is 9.77. The van der Waals surface area contributed by atoms with Crippen molar-refractivity contribution >= 4 is 11.6 Å². The van der Waals surface area contributed by atoms with Crippen molar-refractivity contribution in [3.8, 4) is 5.75 Å². The van der Waals surface area contributed by atoms with Crippen LogP contribution in [0.15, 0.2) is 18.2 Å². The molecule has 0 amide bonds. The molecule has 2 N–H and O–H groups in total. The molecule has 0 aliphatic heterocycles. The lowest BCUT2D eigenvalue weighted by molar-refractivity contribution is 0.307. The van der Waals surface area contributed by atoms with Crippen LogP contribution >= 0.6 is 11.6 Å². The molecule has 1 aliphatic rings. The van der Waals surface area contributed by atoms with Crippen LogP contribution in [0.25, 0.3) is 0 Å². The maximum Gasteiger partial charge on any atom is 0.137 e. The van der Waals surface area contributed by atoms with Gasteiger partial charge in [0, 0.05) is 0 Å². The van der Waals surface area contributed by atoms with Gasteiger partial charge in [-0.05, 0) is 48.9 Å². The summed E-state index contributed by atoms with van der Waals surface area (Å²) in [5.74, 6) is 1.89. The maximum atomic E-state index is 6.20. The van der Waals surface area contributed by atoms with Crippen LogP contribution in [0.5, 0.6) is 5.75 Å². The van der Waals surface area contributed by atoms with E-state index in [-0.39, 0.29) is 0 Å². The highest BCUT2D eigenvalue weighted by Crippen LogP contribution is 2.37. The van der Waals surface area contributed by atoms with Gasteiger partial charge in [0.15, 0.2) is 0 Å². The average molecular weight is 268 g/mol. The minimum Gasteiger partial charge on any atom is -0.495 e. The fourth-order valence-corrected chi connectivity index (χ4v) is 3.32.